The van der Waals surface area contributed by atoms with E-state index in [0.29, 0.717) is 16.8 Å². The first-order valence-corrected chi connectivity index (χ1v) is 9.44. The van der Waals surface area contributed by atoms with Gasteiger partial charge in [0.25, 0.3) is 0 Å². The molecule has 0 spiro atoms. The van der Waals surface area contributed by atoms with E-state index in [1.807, 2.05) is 0 Å². The Morgan fingerprint density at radius 3 is 2.71 bits per heavy atom. The molecule has 0 saturated carbocycles. The van der Waals surface area contributed by atoms with Crippen LogP contribution in [-0.2, 0) is 16.6 Å². The molecule has 4 aromatic rings. The lowest BCUT2D eigenvalue weighted by Crippen LogP contribution is -2.18. The summed E-state index contributed by atoms with van der Waals surface area (Å²) < 4.78 is 43.5. The van der Waals surface area contributed by atoms with Crippen molar-refractivity contribution >= 4 is 32.2 Å². The first-order valence-electron chi connectivity index (χ1n) is 7.89. The van der Waals surface area contributed by atoms with Crippen LogP contribution >= 0.6 is 0 Å². The van der Waals surface area contributed by atoms with Gasteiger partial charge >= 0.3 is 5.69 Å². The molecule has 3 heterocycles. The number of imidazole rings is 1. The van der Waals surface area contributed by atoms with Crippen LogP contribution in [0.5, 0.6) is 5.88 Å². The predicted molar refractivity (Wildman–Crippen MR) is 96.9 cm³/mol. The molecule has 1 aromatic carbocycles. The van der Waals surface area contributed by atoms with Crippen LogP contribution < -0.4 is 15.6 Å². The zero-order valence-corrected chi connectivity index (χ0v) is 15.2. The van der Waals surface area contributed by atoms with Gasteiger partial charge in [0.1, 0.15) is 11.3 Å². The molecule has 0 saturated heterocycles. The number of primary sulfonamides is 1. The molecule has 0 bridgehead atoms. The monoisotopic (exact) mass is 404 g/mol. The number of pyridine rings is 1. The molecule has 0 aliphatic carbocycles. The third-order valence-corrected chi connectivity index (χ3v) is 5.12. The van der Waals surface area contributed by atoms with Gasteiger partial charge in [-0.15, -0.1) is 10.2 Å². The van der Waals surface area contributed by atoms with Crippen molar-refractivity contribution in [1.82, 2.24) is 24.7 Å². The Morgan fingerprint density at radius 1 is 1.25 bits per heavy atom. The van der Waals surface area contributed by atoms with Crippen LogP contribution in [0.4, 0.5) is 4.39 Å². The van der Waals surface area contributed by atoms with Crippen LogP contribution in [0.15, 0.2) is 40.0 Å². The highest BCUT2D eigenvalue weighted by Crippen LogP contribution is 2.23. The molecule has 0 amide bonds. The number of ether oxygens (including phenoxy) is 1. The summed E-state index contributed by atoms with van der Waals surface area (Å²) in [6, 6.07) is 6.53. The molecule has 0 aliphatic rings. The Hall–Kier alpha value is -3.38. The normalized spacial score (nSPS) is 12.0. The third-order valence-electron chi connectivity index (χ3n) is 4.20. The van der Waals surface area contributed by atoms with Gasteiger partial charge in [0, 0.05) is 17.0 Å². The molecular weight excluding hydrogens is 391 g/mol. The van der Waals surface area contributed by atoms with Crippen molar-refractivity contribution in [3.8, 4) is 5.88 Å². The minimum absolute atomic E-state index is 0.0989. The van der Waals surface area contributed by atoms with Crippen LogP contribution in [0.1, 0.15) is 5.56 Å². The Balaban J connectivity index is 1.88. The molecule has 144 valence electrons. The second-order valence-electron chi connectivity index (χ2n) is 5.94. The molecular formula is C16H13FN6O4S. The molecule has 28 heavy (non-hydrogen) atoms. The summed E-state index contributed by atoms with van der Waals surface area (Å²) in [6.07, 6.45) is 0. The van der Waals surface area contributed by atoms with Crippen LogP contribution in [0, 0.1) is 5.82 Å². The lowest BCUT2D eigenvalue weighted by Gasteiger charge is -2.08. The van der Waals surface area contributed by atoms with Gasteiger partial charge in [0.15, 0.2) is 11.3 Å². The van der Waals surface area contributed by atoms with Gasteiger partial charge in [-0.05, 0) is 18.2 Å². The number of aromatic amines is 1. The number of nitrogens with zero attached hydrogens (tertiary/aromatic N) is 4. The van der Waals surface area contributed by atoms with Gasteiger partial charge in [0.05, 0.1) is 18.6 Å². The minimum Gasteiger partial charge on any atom is -0.481 e. The summed E-state index contributed by atoms with van der Waals surface area (Å²) in [5.41, 5.74) is 0.431. The highest BCUT2D eigenvalue weighted by atomic mass is 32.2. The summed E-state index contributed by atoms with van der Waals surface area (Å²) in [5, 5.41) is 13.4. The van der Waals surface area contributed by atoms with E-state index in [-0.39, 0.29) is 28.3 Å². The molecule has 0 radical (unpaired) electrons. The van der Waals surface area contributed by atoms with Crippen LogP contribution in [0.3, 0.4) is 0 Å². The van der Waals surface area contributed by atoms with Crippen molar-refractivity contribution < 1.29 is 17.5 Å². The van der Waals surface area contributed by atoms with Gasteiger partial charge in [-0.2, -0.15) is 4.98 Å². The number of nitrogens with one attached hydrogen (secondary N) is 1. The molecule has 3 N–H and O–H groups in total. The number of rotatable bonds is 4. The SMILES string of the molecule is COc1ccc2c(nnc3[nH]c(=O)n(Cc4ccc(S(N)(=O)=O)cc4F)c32)n1. The van der Waals surface area contributed by atoms with E-state index in [4.69, 9.17) is 9.88 Å². The summed E-state index contributed by atoms with van der Waals surface area (Å²) >= 11 is 0. The standard InChI is InChI=1S/C16H13FN6O4S/c1-27-12-5-4-10-13-15(22-21-14(10)19-12)20-16(24)23(13)7-8-2-3-9(6-11(8)17)28(18,25)26/h2-6H,7H2,1H3,(H2,18,25,26)(H,20,22,24). The van der Waals surface area contributed by atoms with E-state index < -0.39 is 21.5 Å². The predicted octanol–water partition coefficient (Wildman–Crippen LogP) is 0.511. The number of H-pyrrole nitrogens is 1. The summed E-state index contributed by atoms with van der Waals surface area (Å²) in [5.74, 6) is -0.478. The van der Waals surface area contributed by atoms with Crippen LogP contribution in [0.25, 0.3) is 22.2 Å². The van der Waals surface area contributed by atoms with Crippen LogP contribution in [-0.4, -0.2) is 40.3 Å². The minimum atomic E-state index is -4.04. The number of halogens is 1. The molecule has 0 fully saturated rings. The van der Waals surface area contributed by atoms with Gasteiger partial charge in [0.2, 0.25) is 15.9 Å². The van der Waals surface area contributed by atoms with Crippen LogP contribution in [0.2, 0.25) is 0 Å². The number of hydrogen-bond donors (Lipinski definition) is 2. The largest absolute Gasteiger partial charge is 0.481 e. The maximum Gasteiger partial charge on any atom is 0.328 e. The molecule has 0 aliphatic heterocycles. The van der Waals surface area contributed by atoms with E-state index in [1.54, 1.807) is 12.1 Å². The number of fused-ring (bicyclic) bond motifs is 3. The quantitative estimate of drug-likeness (QED) is 0.504. The van der Waals surface area contributed by atoms with E-state index in [2.05, 4.69) is 20.2 Å². The highest BCUT2D eigenvalue weighted by Gasteiger charge is 2.17. The number of benzene rings is 1. The van der Waals surface area contributed by atoms with Gasteiger partial charge in [-0.25, -0.2) is 22.7 Å². The number of aromatic nitrogens is 5. The van der Waals surface area contributed by atoms with E-state index in [1.165, 1.54) is 23.8 Å². The lowest BCUT2D eigenvalue weighted by atomic mass is 10.2. The van der Waals surface area contributed by atoms with Crippen molar-refractivity contribution in [1.29, 1.82) is 0 Å². The highest BCUT2D eigenvalue weighted by molar-refractivity contribution is 7.89. The molecule has 4 rings (SSSR count). The first kappa shape index (κ1) is 18.0. The zero-order chi connectivity index (χ0) is 20.1. The Morgan fingerprint density at radius 2 is 2.04 bits per heavy atom. The summed E-state index contributed by atoms with van der Waals surface area (Å²) in [7, 11) is -2.58. The fraction of sp³-hybridized carbons (Fsp3) is 0.125. The molecule has 12 heteroatoms. The Bertz CT molecular complexity index is 1400. The van der Waals surface area contributed by atoms with Crippen molar-refractivity contribution in [2.75, 3.05) is 7.11 Å². The van der Waals surface area contributed by atoms with E-state index in [0.717, 1.165) is 6.07 Å². The van der Waals surface area contributed by atoms with Gasteiger partial charge in [-0.1, -0.05) is 6.07 Å². The second-order valence-corrected chi connectivity index (χ2v) is 7.50. The summed E-state index contributed by atoms with van der Waals surface area (Å²) in [6.45, 7) is -0.164. The topological polar surface area (TPSA) is 146 Å². The lowest BCUT2D eigenvalue weighted by molar-refractivity contribution is 0.399. The van der Waals surface area contributed by atoms with Gasteiger partial charge < -0.3 is 4.74 Å². The number of nitrogens with two attached hydrogens (primary N) is 1. The smallest absolute Gasteiger partial charge is 0.328 e. The average Bonchev–Trinajstić information content (AvgIpc) is 2.97. The van der Waals surface area contributed by atoms with Crippen molar-refractivity contribution in [3.63, 3.8) is 0 Å². The Kier molecular flexibility index (Phi) is 4.08. The number of methoxy groups -OCH3 is 1. The molecule has 0 unspecified atom stereocenters. The molecule has 0 atom stereocenters. The maximum atomic E-state index is 14.4. The third kappa shape index (κ3) is 2.97. The zero-order valence-electron chi connectivity index (χ0n) is 14.4. The number of hydrogen-bond acceptors (Lipinski definition) is 7. The first-order chi connectivity index (χ1) is 13.3. The van der Waals surface area contributed by atoms with Crippen molar-refractivity contribution in [3.05, 3.63) is 52.2 Å². The van der Waals surface area contributed by atoms with Crippen molar-refractivity contribution in [2.45, 2.75) is 11.4 Å². The molecule has 10 nitrogen and oxygen atoms in total. The average molecular weight is 404 g/mol. The number of sulfonamides is 1. The summed E-state index contributed by atoms with van der Waals surface area (Å²) in [4.78, 5) is 18.8. The second kappa shape index (κ2) is 6.35. The molecule has 3 aromatic heterocycles. The van der Waals surface area contributed by atoms with E-state index in [9.17, 15) is 17.6 Å². The fourth-order valence-corrected chi connectivity index (χ4v) is 3.39. The maximum absolute atomic E-state index is 14.4. The Labute approximate surface area is 156 Å². The fourth-order valence-electron chi connectivity index (χ4n) is 2.86. The van der Waals surface area contributed by atoms with Crippen molar-refractivity contribution in [2.24, 2.45) is 5.14 Å². The van der Waals surface area contributed by atoms with E-state index >= 15 is 0 Å². The van der Waals surface area contributed by atoms with Gasteiger partial charge in [-0.3, -0.25) is 9.55 Å².